The van der Waals surface area contributed by atoms with Gasteiger partial charge in [0.25, 0.3) is 10.0 Å². The molecule has 1 aliphatic rings. The van der Waals surface area contributed by atoms with Gasteiger partial charge in [-0.25, -0.2) is 22.4 Å². The first-order valence-corrected chi connectivity index (χ1v) is 12.2. The molecule has 4 heterocycles. The van der Waals surface area contributed by atoms with E-state index in [1.807, 2.05) is 0 Å². The summed E-state index contributed by atoms with van der Waals surface area (Å²) < 4.78 is 69.7. The number of benzene rings is 1. The van der Waals surface area contributed by atoms with Crippen LogP contribution in [-0.2, 0) is 14.8 Å². The number of aromatic nitrogens is 4. The molecule has 0 radical (unpaired) electrons. The minimum absolute atomic E-state index is 0.000903. The molecule has 0 atom stereocenters. The van der Waals surface area contributed by atoms with Gasteiger partial charge in [0.2, 0.25) is 11.9 Å². The van der Waals surface area contributed by atoms with Crippen molar-refractivity contribution in [2.75, 3.05) is 29.9 Å². The van der Waals surface area contributed by atoms with Gasteiger partial charge in [0.05, 0.1) is 18.4 Å². The summed E-state index contributed by atoms with van der Waals surface area (Å²) in [5.41, 5.74) is 0.551. The fourth-order valence-electron chi connectivity index (χ4n) is 3.74. The maximum Gasteiger partial charge on any atom is 0.573 e. The van der Waals surface area contributed by atoms with Crippen molar-refractivity contribution in [1.82, 2.24) is 24.2 Å². The number of carbonyl (C=O) groups is 1. The zero-order valence-corrected chi connectivity index (χ0v) is 19.6. The van der Waals surface area contributed by atoms with Gasteiger partial charge < -0.3 is 20.3 Å². The maximum absolute atomic E-state index is 13.3. The molecule has 1 fully saturated rings. The third-order valence-corrected chi connectivity index (χ3v) is 7.10. The SMILES string of the molecule is O=C1CNCCN1c1ccc(Nc2ncc3ccn(S(=O)(=O)c4ccccc4OC(F)(F)F)c3n2)nc1. The van der Waals surface area contributed by atoms with Gasteiger partial charge in [-0.2, -0.15) is 4.98 Å². The molecule has 0 saturated carbocycles. The standard InChI is InChI=1S/C22H18F3N7O4S/c23-22(24,25)36-16-3-1-2-4-17(16)37(34,35)32-9-7-14-11-28-21(30-20(14)32)29-18-6-5-15(12-27-18)31-10-8-26-13-19(31)33/h1-7,9,11-12,26H,8,10,13H2,(H,27,28,29,30). The summed E-state index contributed by atoms with van der Waals surface area (Å²) in [6.45, 7) is 1.41. The fraction of sp³-hybridized carbons (Fsp3) is 0.182. The Morgan fingerprint density at radius 1 is 1.05 bits per heavy atom. The van der Waals surface area contributed by atoms with Crippen LogP contribution in [0.5, 0.6) is 5.75 Å². The van der Waals surface area contributed by atoms with Crippen LogP contribution in [0, 0.1) is 0 Å². The van der Waals surface area contributed by atoms with Crippen LogP contribution in [0.4, 0.5) is 30.6 Å². The Morgan fingerprint density at radius 2 is 1.86 bits per heavy atom. The number of amides is 1. The number of alkyl halides is 3. The fourth-order valence-corrected chi connectivity index (χ4v) is 5.16. The van der Waals surface area contributed by atoms with Crippen molar-refractivity contribution < 1.29 is 31.1 Å². The highest BCUT2D eigenvalue weighted by molar-refractivity contribution is 7.90. The Balaban J connectivity index is 1.44. The van der Waals surface area contributed by atoms with Crippen molar-refractivity contribution in [3.8, 4) is 5.75 Å². The lowest BCUT2D eigenvalue weighted by atomic mass is 10.3. The number of nitrogens with one attached hydrogen (secondary N) is 2. The first-order chi connectivity index (χ1) is 17.6. The average Bonchev–Trinajstić information content (AvgIpc) is 3.28. The number of rotatable bonds is 6. The van der Waals surface area contributed by atoms with E-state index in [4.69, 9.17) is 0 Å². The quantitative estimate of drug-likeness (QED) is 0.384. The topological polar surface area (TPSA) is 131 Å². The third-order valence-electron chi connectivity index (χ3n) is 5.39. The number of carbonyl (C=O) groups excluding carboxylic acids is 1. The van der Waals surface area contributed by atoms with Gasteiger partial charge in [0, 0.05) is 30.9 Å². The summed E-state index contributed by atoms with van der Waals surface area (Å²) in [6, 6.07) is 9.16. The van der Waals surface area contributed by atoms with Crippen LogP contribution in [0.1, 0.15) is 0 Å². The van der Waals surface area contributed by atoms with Crippen molar-refractivity contribution in [2.24, 2.45) is 0 Å². The van der Waals surface area contributed by atoms with Crippen LogP contribution < -0.4 is 20.3 Å². The number of fused-ring (bicyclic) bond motifs is 1. The molecule has 1 aliphatic heterocycles. The Kier molecular flexibility index (Phi) is 6.16. The van der Waals surface area contributed by atoms with E-state index in [0.29, 0.717) is 30.0 Å². The van der Waals surface area contributed by atoms with E-state index in [1.165, 1.54) is 36.8 Å². The van der Waals surface area contributed by atoms with E-state index in [9.17, 15) is 26.4 Å². The normalized spacial score (nSPS) is 14.7. The predicted octanol–water partition coefficient (Wildman–Crippen LogP) is 2.64. The second-order valence-corrected chi connectivity index (χ2v) is 9.62. The first kappa shape index (κ1) is 24.5. The Bertz CT molecular complexity index is 1570. The van der Waals surface area contributed by atoms with E-state index >= 15 is 0 Å². The Hall–Kier alpha value is -4.24. The molecule has 5 rings (SSSR count). The van der Waals surface area contributed by atoms with Crippen molar-refractivity contribution in [3.63, 3.8) is 0 Å². The minimum Gasteiger partial charge on any atom is -0.404 e. The van der Waals surface area contributed by atoms with Gasteiger partial charge >= 0.3 is 6.36 Å². The number of halogens is 3. The largest absolute Gasteiger partial charge is 0.573 e. The van der Waals surface area contributed by atoms with Crippen LogP contribution >= 0.6 is 0 Å². The van der Waals surface area contributed by atoms with Gasteiger partial charge in [-0.05, 0) is 30.3 Å². The zero-order chi connectivity index (χ0) is 26.2. The minimum atomic E-state index is -5.08. The average molecular weight is 533 g/mol. The lowest BCUT2D eigenvalue weighted by Gasteiger charge is -2.27. The van der Waals surface area contributed by atoms with Crippen molar-refractivity contribution in [2.45, 2.75) is 11.3 Å². The maximum atomic E-state index is 13.3. The number of hydrogen-bond acceptors (Lipinski definition) is 9. The Labute approximate surface area is 208 Å². The molecule has 37 heavy (non-hydrogen) atoms. The molecule has 4 aromatic rings. The second kappa shape index (κ2) is 9.33. The van der Waals surface area contributed by atoms with E-state index in [0.717, 1.165) is 16.1 Å². The number of nitrogens with zero attached hydrogens (tertiary/aromatic N) is 5. The molecule has 1 amide bonds. The number of ether oxygens (including phenoxy) is 1. The summed E-state index contributed by atoms with van der Waals surface area (Å²) in [5, 5.41) is 6.18. The van der Waals surface area contributed by atoms with Gasteiger partial charge in [0.1, 0.15) is 16.5 Å². The molecule has 11 nitrogen and oxygen atoms in total. The van der Waals surface area contributed by atoms with Crippen LogP contribution in [0.25, 0.3) is 11.0 Å². The smallest absolute Gasteiger partial charge is 0.404 e. The van der Waals surface area contributed by atoms with Crippen LogP contribution in [0.15, 0.2) is 66.0 Å². The molecule has 0 unspecified atom stereocenters. The molecule has 15 heteroatoms. The third kappa shape index (κ3) is 5.03. The zero-order valence-electron chi connectivity index (χ0n) is 18.8. The summed E-state index contributed by atoms with van der Waals surface area (Å²) in [7, 11) is -4.52. The van der Waals surface area contributed by atoms with E-state index < -0.39 is 27.0 Å². The number of hydrogen-bond donors (Lipinski definition) is 2. The molecule has 0 spiro atoms. The van der Waals surface area contributed by atoms with Crippen molar-refractivity contribution in [3.05, 3.63) is 61.1 Å². The van der Waals surface area contributed by atoms with Crippen molar-refractivity contribution in [1.29, 1.82) is 0 Å². The molecule has 1 aromatic carbocycles. The van der Waals surface area contributed by atoms with Gasteiger partial charge in [0.15, 0.2) is 5.65 Å². The first-order valence-electron chi connectivity index (χ1n) is 10.8. The molecule has 2 N–H and O–H groups in total. The summed E-state index contributed by atoms with van der Waals surface area (Å²) >= 11 is 0. The molecule has 192 valence electrons. The number of para-hydroxylation sites is 1. The van der Waals surface area contributed by atoms with E-state index in [1.54, 1.807) is 17.0 Å². The number of piperazine rings is 1. The highest BCUT2D eigenvalue weighted by Gasteiger charge is 2.34. The second-order valence-electron chi connectivity index (χ2n) is 7.83. The van der Waals surface area contributed by atoms with Gasteiger partial charge in [-0.3, -0.25) is 4.79 Å². The van der Waals surface area contributed by atoms with Crippen LogP contribution in [0.2, 0.25) is 0 Å². The molecule has 0 bridgehead atoms. The lowest BCUT2D eigenvalue weighted by molar-refractivity contribution is -0.275. The predicted molar refractivity (Wildman–Crippen MR) is 126 cm³/mol. The molecular weight excluding hydrogens is 515 g/mol. The molecular formula is C22H18F3N7O4S. The monoisotopic (exact) mass is 533 g/mol. The lowest BCUT2D eigenvalue weighted by Crippen LogP contribution is -2.48. The molecule has 3 aromatic heterocycles. The highest BCUT2D eigenvalue weighted by atomic mass is 32.2. The number of pyridine rings is 1. The summed E-state index contributed by atoms with van der Waals surface area (Å²) in [6.07, 6.45) is -1.04. The molecule has 0 aliphatic carbocycles. The van der Waals surface area contributed by atoms with Crippen molar-refractivity contribution >= 4 is 44.4 Å². The van der Waals surface area contributed by atoms with E-state index in [-0.39, 0.29) is 24.0 Å². The molecule has 1 saturated heterocycles. The van der Waals surface area contributed by atoms with Crippen LogP contribution in [0.3, 0.4) is 0 Å². The van der Waals surface area contributed by atoms with Gasteiger partial charge in [-0.15, -0.1) is 13.2 Å². The summed E-state index contributed by atoms with van der Waals surface area (Å²) in [4.78, 5) is 25.6. The summed E-state index contributed by atoms with van der Waals surface area (Å²) in [5.74, 6) is -0.611. The van der Waals surface area contributed by atoms with E-state index in [2.05, 4.69) is 30.3 Å². The number of anilines is 3. The highest BCUT2D eigenvalue weighted by Crippen LogP contribution is 2.32. The van der Waals surface area contributed by atoms with Crippen LogP contribution in [-0.4, -0.2) is 59.2 Å². The van der Waals surface area contributed by atoms with Gasteiger partial charge in [-0.1, -0.05) is 12.1 Å². The Morgan fingerprint density at radius 3 is 2.59 bits per heavy atom.